The lowest BCUT2D eigenvalue weighted by atomic mass is 9.81. The second kappa shape index (κ2) is 17.5. The fourth-order valence-electron chi connectivity index (χ4n) is 5.15. The minimum atomic E-state index is -0.0840. The second-order valence-electron chi connectivity index (χ2n) is 11.2. The van der Waals surface area contributed by atoms with Crippen molar-refractivity contribution in [1.29, 1.82) is 5.26 Å². The third-order valence-corrected chi connectivity index (χ3v) is 7.25. The lowest BCUT2D eigenvalue weighted by Crippen LogP contribution is -2.26. The van der Waals surface area contributed by atoms with Gasteiger partial charge >= 0.3 is 0 Å². The molecule has 0 aromatic rings. The number of nitriles is 1. The molecule has 196 valence electrons. The van der Waals surface area contributed by atoms with Crippen molar-refractivity contribution in [2.45, 2.75) is 112 Å². The molecule has 1 aliphatic rings. The van der Waals surface area contributed by atoms with Crippen LogP contribution in [0.1, 0.15) is 106 Å². The summed E-state index contributed by atoms with van der Waals surface area (Å²) < 4.78 is 13.5. The summed E-state index contributed by atoms with van der Waals surface area (Å²) in [6.45, 7) is 13.2. The molecule has 0 spiro atoms. The summed E-state index contributed by atoms with van der Waals surface area (Å²) in [6, 6.07) is 2.44. The average molecular weight is 483 g/mol. The quantitative estimate of drug-likeness (QED) is 0.135. The van der Waals surface area contributed by atoms with E-state index in [1.54, 1.807) is 12.2 Å². The van der Waals surface area contributed by atoms with Gasteiger partial charge in [0.05, 0.1) is 6.07 Å². The van der Waals surface area contributed by atoms with Crippen molar-refractivity contribution in [3.63, 3.8) is 0 Å². The fourth-order valence-corrected chi connectivity index (χ4v) is 5.15. The Morgan fingerprint density at radius 3 is 2.54 bits per heavy atom. The highest BCUT2D eigenvalue weighted by atomic mass is 19.1. The second-order valence-corrected chi connectivity index (χ2v) is 11.2. The highest BCUT2D eigenvalue weighted by Gasteiger charge is 2.19. The minimum absolute atomic E-state index is 0.0840. The van der Waals surface area contributed by atoms with Gasteiger partial charge in [-0.3, -0.25) is 0 Å². The predicted octanol–water partition coefficient (Wildman–Crippen LogP) is 9.52. The first-order chi connectivity index (χ1) is 16.7. The first-order valence-electron chi connectivity index (χ1n) is 13.9. The first-order valence-corrected chi connectivity index (χ1v) is 13.9. The van der Waals surface area contributed by atoms with Crippen LogP contribution >= 0.6 is 0 Å². The lowest BCUT2D eigenvalue weighted by Gasteiger charge is -2.26. The topological polar surface area (TPSA) is 49.8 Å². The van der Waals surface area contributed by atoms with Gasteiger partial charge < -0.3 is 5.73 Å². The predicted molar refractivity (Wildman–Crippen MR) is 150 cm³/mol. The van der Waals surface area contributed by atoms with Gasteiger partial charge in [0, 0.05) is 11.6 Å². The summed E-state index contributed by atoms with van der Waals surface area (Å²) in [6.07, 6.45) is 22.2. The van der Waals surface area contributed by atoms with E-state index in [-0.39, 0.29) is 11.9 Å². The third-order valence-electron chi connectivity index (χ3n) is 7.25. The number of hydrogen-bond acceptors (Lipinski definition) is 2. The Hall–Kier alpha value is -1.92. The van der Waals surface area contributed by atoms with E-state index in [4.69, 9.17) is 5.73 Å². The molecule has 0 aromatic carbocycles. The van der Waals surface area contributed by atoms with Gasteiger partial charge in [0.15, 0.2) is 0 Å². The number of nitrogens with zero attached hydrogens (tertiary/aromatic N) is 1. The Kier molecular flexibility index (Phi) is 15.6. The molecule has 0 fully saturated rings. The molecule has 0 radical (unpaired) electrons. The van der Waals surface area contributed by atoms with Crippen LogP contribution in [-0.2, 0) is 0 Å². The largest absolute Gasteiger partial charge is 0.328 e. The van der Waals surface area contributed by atoms with Gasteiger partial charge in [-0.2, -0.15) is 5.26 Å². The highest BCUT2D eigenvalue weighted by molar-refractivity contribution is 5.34. The van der Waals surface area contributed by atoms with E-state index in [1.165, 1.54) is 24.8 Å². The highest BCUT2D eigenvalue weighted by Crippen LogP contribution is 2.29. The van der Waals surface area contributed by atoms with Crippen LogP contribution in [0.3, 0.4) is 0 Å². The molecule has 1 rings (SSSR count). The lowest BCUT2D eigenvalue weighted by molar-refractivity contribution is 0.307. The van der Waals surface area contributed by atoms with Crippen molar-refractivity contribution in [1.82, 2.24) is 0 Å². The van der Waals surface area contributed by atoms with E-state index in [1.807, 2.05) is 26.0 Å². The van der Waals surface area contributed by atoms with Gasteiger partial charge in [0.2, 0.25) is 0 Å². The van der Waals surface area contributed by atoms with Gasteiger partial charge in [0.1, 0.15) is 5.83 Å². The number of allylic oxidation sites excluding steroid dienone is 10. The van der Waals surface area contributed by atoms with Crippen molar-refractivity contribution in [3.05, 3.63) is 59.0 Å². The molecule has 0 amide bonds. The number of rotatable bonds is 16. The zero-order valence-electron chi connectivity index (χ0n) is 23.3. The number of nitrogens with two attached hydrogens (primary N) is 1. The Morgan fingerprint density at radius 2 is 1.91 bits per heavy atom. The van der Waals surface area contributed by atoms with E-state index < -0.39 is 0 Å². The van der Waals surface area contributed by atoms with E-state index in [0.29, 0.717) is 11.8 Å². The maximum atomic E-state index is 13.5. The van der Waals surface area contributed by atoms with Crippen LogP contribution in [0.15, 0.2) is 59.0 Å². The molecule has 4 atom stereocenters. The molecular formula is C32H51FN2. The Balaban J connectivity index is 2.77. The maximum Gasteiger partial charge on any atom is 0.119 e. The van der Waals surface area contributed by atoms with Crippen LogP contribution in [0.25, 0.3) is 0 Å². The van der Waals surface area contributed by atoms with Crippen LogP contribution in [0, 0.1) is 35.0 Å². The summed E-state index contributed by atoms with van der Waals surface area (Å²) in [4.78, 5) is 0. The van der Waals surface area contributed by atoms with Crippen LogP contribution < -0.4 is 5.73 Å². The molecule has 4 unspecified atom stereocenters. The SMILES string of the molecule is C/C=C\C(C/C=C\C(CC(N)CCCC1=CC(F)=CCC1)C(C)CCC(C)CC(C)C)=C(/C)C#N. The molecule has 0 heterocycles. The molecule has 2 N–H and O–H groups in total. The molecular weight excluding hydrogens is 431 g/mol. The van der Waals surface area contributed by atoms with Crippen LogP contribution in [-0.4, -0.2) is 6.04 Å². The average Bonchev–Trinajstić information content (AvgIpc) is 2.80. The third kappa shape index (κ3) is 13.7. The normalized spacial score (nSPS) is 18.7. The van der Waals surface area contributed by atoms with Gasteiger partial charge in [-0.15, -0.1) is 0 Å². The molecule has 3 heteroatoms. The number of hydrogen-bond donors (Lipinski definition) is 1. The van der Waals surface area contributed by atoms with Crippen molar-refractivity contribution in [3.8, 4) is 6.07 Å². The van der Waals surface area contributed by atoms with E-state index in [2.05, 4.69) is 45.9 Å². The molecule has 2 nitrogen and oxygen atoms in total. The van der Waals surface area contributed by atoms with E-state index in [9.17, 15) is 9.65 Å². The Morgan fingerprint density at radius 1 is 1.17 bits per heavy atom. The smallest absolute Gasteiger partial charge is 0.119 e. The maximum absolute atomic E-state index is 13.5. The van der Waals surface area contributed by atoms with E-state index >= 15 is 0 Å². The summed E-state index contributed by atoms with van der Waals surface area (Å²) in [5.41, 5.74) is 9.70. The zero-order chi connectivity index (χ0) is 26.2. The summed E-state index contributed by atoms with van der Waals surface area (Å²) >= 11 is 0. The van der Waals surface area contributed by atoms with Crippen molar-refractivity contribution >= 4 is 0 Å². The van der Waals surface area contributed by atoms with Crippen molar-refractivity contribution in [2.75, 3.05) is 0 Å². The molecule has 0 saturated carbocycles. The summed E-state index contributed by atoms with van der Waals surface area (Å²) in [5.74, 6) is 2.40. The summed E-state index contributed by atoms with van der Waals surface area (Å²) in [5, 5.41) is 9.31. The van der Waals surface area contributed by atoms with Crippen LogP contribution in [0.5, 0.6) is 0 Å². The standard InChI is InChI=1S/C32H51FN2/c1-7-11-29(27(6)23-34)14-10-15-30(26(5)19-18-25(4)20-24(2)3)22-32(35)17-9-13-28-12-8-16-31(33)21-28/h7,10-11,15-16,21,24-26,30,32H,8-9,12-14,17-20,22,35H2,1-6H3/b11-7-,15-10-,29-27-. The summed E-state index contributed by atoms with van der Waals surface area (Å²) in [7, 11) is 0. The van der Waals surface area contributed by atoms with E-state index in [0.717, 1.165) is 67.9 Å². The molecule has 0 bridgehead atoms. The van der Waals surface area contributed by atoms with Crippen molar-refractivity contribution in [2.24, 2.45) is 29.4 Å². The molecule has 0 saturated heterocycles. The molecule has 1 aliphatic carbocycles. The molecule has 35 heavy (non-hydrogen) atoms. The van der Waals surface area contributed by atoms with Crippen LogP contribution in [0.2, 0.25) is 0 Å². The zero-order valence-corrected chi connectivity index (χ0v) is 23.3. The van der Waals surface area contributed by atoms with Gasteiger partial charge in [-0.1, -0.05) is 64.0 Å². The monoisotopic (exact) mass is 482 g/mol. The van der Waals surface area contributed by atoms with Crippen molar-refractivity contribution < 1.29 is 4.39 Å². The molecule has 0 aliphatic heterocycles. The van der Waals surface area contributed by atoms with Gasteiger partial charge in [-0.25, -0.2) is 4.39 Å². The number of halogens is 1. The Labute approximate surface area is 215 Å². The first kappa shape index (κ1) is 31.1. The fraction of sp³-hybridized carbons (Fsp3) is 0.656. The molecule has 0 aromatic heterocycles. The minimum Gasteiger partial charge on any atom is -0.328 e. The van der Waals surface area contributed by atoms with Gasteiger partial charge in [0.25, 0.3) is 0 Å². The van der Waals surface area contributed by atoms with Crippen LogP contribution in [0.4, 0.5) is 4.39 Å². The Bertz CT molecular complexity index is 806. The van der Waals surface area contributed by atoms with Gasteiger partial charge in [-0.05, 0) is 113 Å².